The zero-order valence-electron chi connectivity index (χ0n) is 17.1. The molecule has 11 heteroatoms. The number of benzene rings is 1. The Balaban J connectivity index is 1.44. The Morgan fingerprint density at radius 2 is 1.97 bits per heavy atom. The summed E-state index contributed by atoms with van der Waals surface area (Å²) in [5, 5.41) is 16.7. The molecule has 0 spiro atoms. The van der Waals surface area contributed by atoms with Gasteiger partial charge in [0, 0.05) is 53.6 Å². The quantitative estimate of drug-likeness (QED) is 0.478. The van der Waals surface area contributed by atoms with Gasteiger partial charge in [-0.1, -0.05) is 6.07 Å². The Bertz CT molecular complexity index is 1210. The normalized spacial score (nSPS) is 16.6. The van der Waals surface area contributed by atoms with Crippen LogP contribution in [0.2, 0.25) is 0 Å². The maximum Gasteiger partial charge on any atom is 0.137 e. The Kier molecular flexibility index (Phi) is 5.24. The number of nitrogens with zero attached hydrogens (tertiary/aromatic N) is 7. The summed E-state index contributed by atoms with van der Waals surface area (Å²) in [4.78, 5) is 19.8. The summed E-state index contributed by atoms with van der Waals surface area (Å²) in [6.07, 6.45) is 7.71. The van der Waals surface area contributed by atoms with Gasteiger partial charge in [0.2, 0.25) is 0 Å². The van der Waals surface area contributed by atoms with E-state index in [9.17, 15) is 13.9 Å². The lowest BCUT2D eigenvalue weighted by molar-refractivity contribution is -0.0657. The van der Waals surface area contributed by atoms with Crippen molar-refractivity contribution in [1.29, 1.82) is 0 Å². The van der Waals surface area contributed by atoms with Gasteiger partial charge in [0.15, 0.2) is 0 Å². The number of aliphatic hydroxyl groups is 1. The molecule has 4 aromatic rings. The predicted molar refractivity (Wildman–Crippen MR) is 112 cm³/mol. The summed E-state index contributed by atoms with van der Waals surface area (Å²) in [6.45, 7) is 2.82. The van der Waals surface area contributed by atoms with Crippen molar-refractivity contribution in [3.63, 3.8) is 0 Å². The summed E-state index contributed by atoms with van der Waals surface area (Å²) in [5.41, 5.74) is 0.0774. The van der Waals surface area contributed by atoms with Crippen molar-refractivity contribution >= 4 is 11.3 Å². The smallest absolute Gasteiger partial charge is 0.137 e. The van der Waals surface area contributed by atoms with Crippen LogP contribution in [0.3, 0.4) is 0 Å². The van der Waals surface area contributed by atoms with Crippen molar-refractivity contribution in [2.24, 2.45) is 0 Å². The minimum absolute atomic E-state index is 0.00670. The third-order valence-electron chi connectivity index (χ3n) is 5.79. The minimum atomic E-state index is -1.68. The van der Waals surface area contributed by atoms with Crippen LogP contribution in [-0.2, 0) is 25.2 Å². The minimum Gasteiger partial charge on any atom is -0.381 e. The average Bonchev–Trinajstić information content (AvgIpc) is 3.50. The van der Waals surface area contributed by atoms with E-state index in [0.29, 0.717) is 13.1 Å². The van der Waals surface area contributed by atoms with Gasteiger partial charge in [-0.15, -0.1) is 11.3 Å². The zero-order valence-corrected chi connectivity index (χ0v) is 17.9. The second kappa shape index (κ2) is 8.08. The van der Waals surface area contributed by atoms with Crippen molar-refractivity contribution in [2.75, 3.05) is 0 Å². The van der Waals surface area contributed by atoms with Crippen molar-refractivity contribution in [2.45, 2.75) is 38.2 Å². The van der Waals surface area contributed by atoms with Gasteiger partial charge in [-0.2, -0.15) is 5.10 Å². The first-order valence-corrected chi connectivity index (χ1v) is 10.7. The van der Waals surface area contributed by atoms with Crippen LogP contribution in [0.1, 0.15) is 23.1 Å². The van der Waals surface area contributed by atoms with Gasteiger partial charge in [-0.25, -0.2) is 33.4 Å². The second-order valence-electron chi connectivity index (χ2n) is 7.74. The average molecular weight is 455 g/mol. The van der Waals surface area contributed by atoms with Crippen molar-refractivity contribution in [3.05, 3.63) is 77.3 Å². The monoisotopic (exact) mass is 455 g/mol. The standard InChI is InChI=1S/C21H19F2N7OS/c1-13(29-7-18-19(8-29)32-20(28-18)14-5-24-10-25-6-14)21(31,9-30-12-26-11-27-30)16-3-2-15(22)4-17(16)23/h2-6,10-13,31H,7-9H2,1H3/t13-,21-/m1/s1. The molecule has 32 heavy (non-hydrogen) atoms. The molecular formula is C21H19F2N7OS. The Morgan fingerprint density at radius 1 is 1.16 bits per heavy atom. The fourth-order valence-corrected chi connectivity index (χ4v) is 5.09. The summed E-state index contributed by atoms with van der Waals surface area (Å²) in [6, 6.07) is 2.69. The molecule has 3 aromatic heterocycles. The van der Waals surface area contributed by atoms with Gasteiger partial charge in [0.1, 0.15) is 41.2 Å². The first-order chi connectivity index (χ1) is 15.4. The van der Waals surface area contributed by atoms with E-state index in [4.69, 9.17) is 4.98 Å². The number of hydrogen-bond acceptors (Lipinski definition) is 8. The molecule has 164 valence electrons. The van der Waals surface area contributed by atoms with E-state index in [0.717, 1.165) is 33.3 Å². The summed E-state index contributed by atoms with van der Waals surface area (Å²) in [5.74, 6) is -1.51. The molecule has 4 heterocycles. The maximum absolute atomic E-state index is 14.8. The topological polar surface area (TPSA) is 92.8 Å². The van der Waals surface area contributed by atoms with Crippen LogP contribution in [0.5, 0.6) is 0 Å². The van der Waals surface area contributed by atoms with Gasteiger partial charge >= 0.3 is 0 Å². The summed E-state index contributed by atoms with van der Waals surface area (Å²) in [7, 11) is 0. The Morgan fingerprint density at radius 3 is 2.66 bits per heavy atom. The molecule has 0 fully saturated rings. The van der Waals surface area contributed by atoms with E-state index in [-0.39, 0.29) is 12.1 Å². The molecular weight excluding hydrogens is 436 g/mol. The molecule has 1 aliphatic heterocycles. The van der Waals surface area contributed by atoms with Crippen molar-refractivity contribution < 1.29 is 13.9 Å². The molecule has 0 saturated heterocycles. The predicted octanol–water partition coefficient (Wildman–Crippen LogP) is 2.76. The fraction of sp³-hybridized carbons (Fsp3) is 0.286. The third-order valence-corrected chi connectivity index (χ3v) is 6.92. The van der Waals surface area contributed by atoms with E-state index in [1.807, 2.05) is 11.8 Å². The van der Waals surface area contributed by atoms with Crippen LogP contribution < -0.4 is 0 Å². The number of hydrogen-bond donors (Lipinski definition) is 1. The van der Waals surface area contributed by atoms with Crippen molar-refractivity contribution in [1.82, 2.24) is 34.6 Å². The van der Waals surface area contributed by atoms with Crippen LogP contribution >= 0.6 is 11.3 Å². The van der Waals surface area contributed by atoms with Crippen LogP contribution in [0, 0.1) is 11.6 Å². The molecule has 0 saturated carbocycles. The molecule has 2 atom stereocenters. The molecule has 1 N–H and O–H groups in total. The molecule has 1 aliphatic rings. The van der Waals surface area contributed by atoms with Crippen molar-refractivity contribution in [3.8, 4) is 10.6 Å². The molecule has 0 bridgehead atoms. The molecule has 8 nitrogen and oxygen atoms in total. The van der Waals surface area contributed by atoms with Crippen LogP contribution in [0.4, 0.5) is 8.78 Å². The van der Waals surface area contributed by atoms with Gasteiger partial charge in [-0.05, 0) is 13.0 Å². The number of thiazole rings is 1. The first-order valence-electron chi connectivity index (χ1n) is 9.92. The van der Waals surface area contributed by atoms with Gasteiger partial charge in [-0.3, -0.25) is 4.90 Å². The van der Waals surface area contributed by atoms with Gasteiger partial charge in [0.25, 0.3) is 0 Å². The van der Waals surface area contributed by atoms with Gasteiger partial charge in [0.05, 0.1) is 12.2 Å². The molecule has 5 rings (SSSR count). The Hall–Kier alpha value is -3.15. The SMILES string of the molecule is C[C@@H](N1Cc2nc(-c3cncnc3)sc2C1)[C@](O)(Cn1cncn1)c1ccc(F)cc1F. The molecule has 0 radical (unpaired) electrons. The maximum atomic E-state index is 14.8. The van der Waals surface area contributed by atoms with Gasteiger partial charge < -0.3 is 5.11 Å². The number of rotatable bonds is 6. The lowest BCUT2D eigenvalue weighted by atomic mass is 9.85. The lowest BCUT2D eigenvalue weighted by Gasteiger charge is -2.39. The highest BCUT2D eigenvalue weighted by molar-refractivity contribution is 7.15. The van der Waals surface area contributed by atoms with E-state index in [2.05, 4.69) is 20.1 Å². The first kappa shape index (κ1) is 20.7. The van der Waals surface area contributed by atoms with E-state index in [1.54, 1.807) is 23.7 Å². The zero-order chi connectivity index (χ0) is 22.3. The highest BCUT2D eigenvalue weighted by Crippen LogP contribution is 2.39. The third kappa shape index (κ3) is 3.68. The summed E-state index contributed by atoms with van der Waals surface area (Å²) >= 11 is 1.55. The van der Waals surface area contributed by atoms with Crippen LogP contribution in [-0.4, -0.2) is 45.8 Å². The molecule has 0 unspecified atom stereocenters. The van der Waals surface area contributed by atoms with E-state index >= 15 is 0 Å². The second-order valence-corrected chi connectivity index (χ2v) is 8.82. The lowest BCUT2D eigenvalue weighted by Crippen LogP contribution is -2.50. The number of aromatic nitrogens is 6. The number of halogens is 2. The number of fused-ring (bicyclic) bond motifs is 1. The fourth-order valence-electron chi connectivity index (χ4n) is 4.02. The van der Waals surface area contributed by atoms with Crippen LogP contribution in [0.15, 0.2) is 49.6 Å². The molecule has 0 amide bonds. The van der Waals surface area contributed by atoms with E-state index < -0.39 is 23.3 Å². The molecule has 0 aliphatic carbocycles. The Labute approximate surface area is 186 Å². The molecule has 1 aromatic carbocycles. The highest BCUT2D eigenvalue weighted by Gasteiger charge is 2.44. The van der Waals surface area contributed by atoms with Crippen LogP contribution in [0.25, 0.3) is 10.6 Å². The highest BCUT2D eigenvalue weighted by atomic mass is 32.1. The summed E-state index contributed by atoms with van der Waals surface area (Å²) < 4.78 is 29.8. The van der Waals surface area contributed by atoms with E-state index in [1.165, 1.54) is 29.7 Å². The largest absolute Gasteiger partial charge is 0.381 e.